The van der Waals surface area contributed by atoms with E-state index in [1.165, 1.54) is 12.1 Å². The number of aromatic nitrogens is 1. The molecule has 112 valence electrons. The summed E-state index contributed by atoms with van der Waals surface area (Å²) >= 11 is 0. The summed E-state index contributed by atoms with van der Waals surface area (Å²) in [7, 11) is 0. The van der Waals surface area contributed by atoms with E-state index >= 15 is 0 Å². The van der Waals surface area contributed by atoms with Crippen LogP contribution in [0.15, 0.2) is 22.7 Å². The third-order valence-corrected chi connectivity index (χ3v) is 3.99. The number of aryl methyl sites for hydroxylation is 2. The first kappa shape index (κ1) is 14.2. The van der Waals surface area contributed by atoms with Crippen LogP contribution >= 0.6 is 0 Å². The quantitative estimate of drug-likeness (QED) is 0.841. The Morgan fingerprint density at radius 2 is 2.00 bits per heavy atom. The lowest BCUT2D eigenvalue weighted by Gasteiger charge is -2.22. The number of nitrogens with zero attached hydrogens (tertiary/aromatic N) is 2. The van der Waals surface area contributed by atoms with Gasteiger partial charge in [-0.15, -0.1) is 0 Å². The second-order valence-electron chi connectivity index (χ2n) is 5.67. The Hall–Kier alpha value is -1.75. The molecule has 0 spiro atoms. The van der Waals surface area contributed by atoms with Gasteiger partial charge in [0.25, 0.3) is 0 Å². The van der Waals surface area contributed by atoms with Crippen LogP contribution in [0.4, 0.5) is 8.78 Å². The van der Waals surface area contributed by atoms with E-state index in [-0.39, 0.29) is 0 Å². The van der Waals surface area contributed by atoms with Crippen molar-refractivity contribution in [1.82, 2.24) is 10.1 Å². The van der Waals surface area contributed by atoms with Crippen LogP contribution in [0.3, 0.4) is 0 Å². The van der Waals surface area contributed by atoms with Gasteiger partial charge in [-0.3, -0.25) is 4.90 Å². The monoisotopic (exact) mass is 292 g/mol. The van der Waals surface area contributed by atoms with Gasteiger partial charge in [0, 0.05) is 36.3 Å². The minimum atomic E-state index is -0.542. The second-order valence-corrected chi connectivity index (χ2v) is 5.67. The Balaban J connectivity index is 1.79. The molecule has 2 aromatic rings. The van der Waals surface area contributed by atoms with Crippen molar-refractivity contribution in [2.75, 3.05) is 0 Å². The van der Waals surface area contributed by atoms with E-state index in [0.29, 0.717) is 24.7 Å². The number of hydrogen-bond donors (Lipinski definition) is 0. The fourth-order valence-electron chi connectivity index (χ4n) is 2.55. The molecule has 1 aromatic carbocycles. The molecule has 0 N–H and O–H groups in total. The Morgan fingerprint density at radius 1 is 1.24 bits per heavy atom. The molecule has 1 aliphatic carbocycles. The average molecular weight is 292 g/mol. The largest absolute Gasteiger partial charge is 0.361 e. The number of rotatable bonds is 5. The van der Waals surface area contributed by atoms with E-state index < -0.39 is 11.6 Å². The normalized spacial score (nSPS) is 14.9. The zero-order valence-electron chi connectivity index (χ0n) is 12.2. The van der Waals surface area contributed by atoms with Crippen LogP contribution in [0.2, 0.25) is 0 Å². The van der Waals surface area contributed by atoms with Crippen LogP contribution in [0.25, 0.3) is 0 Å². The zero-order chi connectivity index (χ0) is 15.0. The molecule has 0 saturated heterocycles. The summed E-state index contributed by atoms with van der Waals surface area (Å²) in [4.78, 5) is 2.21. The molecule has 1 heterocycles. The van der Waals surface area contributed by atoms with E-state index in [0.717, 1.165) is 35.9 Å². The van der Waals surface area contributed by atoms with Gasteiger partial charge in [0.15, 0.2) is 0 Å². The highest BCUT2D eigenvalue weighted by Gasteiger charge is 2.30. The Kier molecular flexibility index (Phi) is 3.76. The minimum Gasteiger partial charge on any atom is -0.361 e. The Bertz CT molecular complexity index is 630. The molecular weight excluding hydrogens is 274 g/mol. The van der Waals surface area contributed by atoms with Crippen molar-refractivity contribution in [3.63, 3.8) is 0 Å². The van der Waals surface area contributed by atoms with Gasteiger partial charge in [0.2, 0.25) is 0 Å². The lowest BCUT2D eigenvalue weighted by Crippen LogP contribution is -2.26. The van der Waals surface area contributed by atoms with E-state index in [9.17, 15) is 8.78 Å². The van der Waals surface area contributed by atoms with Crippen LogP contribution in [0.5, 0.6) is 0 Å². The maximum atomic E-state index is 13.8. The molecule has 0 unspecified atom stereocenters. The summed E-state index contributed by atoms with van der Waals surface area (Å²) in [6.07, 6.45) is 2.23. The first-order chi connectivity index (χ1) is 10.0. The zero-order valence-corrected chi connectivity index (χ0v) is 12.2. The van der Waals surface area contributed by atoms with Crippen molar-refractivity contribution < 1.29 is 13.3 Å². The highest BCUT2D eigenvalue weighted by atomic mass is 19.1. The molecule has 0 aliphatic heterocycles. The van der Waals surface area contributed by atoms with Crippen LogP contribution in [0.1, 0.15) is 35.4 Å². The summed E-state index contributed by atoms with van der Waals surface area (Å²) in [5.41, 5.74) is 2.46. The Morgan fingerprint density at radius 3 is 2.57 bits per heavy atom. The molecule has 1 fully saturated rings. The number of halogens is 2. The maximum absolute atomic E-state index is 13.8. The lowest BCUT2D eigenvalue weighted by atomic mass is 10.1. The van der Waals surface area contributed by atoms with Crippen LogP contribution < -0.4 is 0 Å². The molecule has 0 radical (unpaired) electrons. The van der Waals surface area contributed by atoms with Crippen molar-refractivity contribution in [2.45, 2.75) is 45.8 Å². The predicted octanol–water partition coefficient (Wildman–Crippen LogP) is 3.73. The topological polar surface area (TPSA) is 29.3 Å². The molecule has 3 nitrogen and oxygen atoms in total. The van der Waals surface area contributed by atoms with Crippen molar-refractivity contribution >= 4 is 0 Å². The molecule has 5 heteroatoms. The predicted molar refractivity (Wildman–Crippen MR) is 74.6 cm³/mol. The van der Waals surface area contributed by atoms with E-state index in [1.807, 2.05) is 13.8 Å². The third-order valence-electron chi connectivity index (χ3n) is 3.99. The lowest BCUT2D eigenvalue weighted by molar-refractivity contribution is 0.240. The highest BCUT2D eigenvalue weighted by Crippen LogP contribution is 2.31. The van der Waals surface area contributed by atoms with Crippen molar-refractivity contribution in [1.29, 1.82) is 0 Å². The van der Waals surface area contributed by atoms with Gasteiger partial charge in [-0.2, -0.15) is 0 Å². The van der Waals surface area contributed by atoms with Crippen molar-refractivity contribution in [3.8, 4) is 0 Å². The summed E-state index contributed by atoms with van der Waals surface area (Å²) in [5.74, 6) is -0.225. The molecule has 21 heavy (non-hydrogen) atoms. The molecule has 1 saturated carbocycles. The Labute approximate surface area is 122 Å². The second kappa shape index (κ2) is 5.56. The molecule has 1 aliphatic rings. The molecule has 3 rings (SSSR count). The van der Waals surface area contributed by atoms with Crippen LogP contribution in [-0.4, -0.2) is 16.1 Å². The molecule has 0 amide bonds. The fourth-order valence-corrected chi connectivity index (χ4v) is 2.55. The van der Waals surface area contributed by atoms with Gasteiger partial charge in [-0.1, -0.05) is 11.2 Å². The first-order valence-electron chi connectivity index (χ1n) is 7.14. The van der Waals surface area contributed by atoms with Gasteiger partial charge < -0.3 is 4.52 Å². The summed E-state index contributed by atoms with van der Waals surface area (Å²) < 4.78 is 32.0. The van der Waals surface area contributed by atoms with Gasteiger partial charge in [0.05, 0.1) is 5.69 Å². The van der Waals surface area contributed by atoms with Crippen molar-refractivity contribution in [2.24, 2.45) is 0 Å². The summed E-state index contributed by atoms with van der Waals surface area (Å²) in [5, 5.41) is 3.96. The smallest absolute Gasteiger partial charge is 0.138 e. The standard InChI is InChI=1S/C16H18F2N2O/c1-10-15(11(2)21-19-10)9-20(14-5-6-14)8-12-3-4-13(17)7-16(12)18/h3-4,7,14H,5-6,8-9H2,1-2H3. The van der Waals surface area contributed by atoms with Gasteiger partial charge in [-0.25, -0.2) is 8.78 Å². The molecule has 1 aromatic heterocycles. The summed E-state index contributed by atoms with van der Waals surface area (Å²) in [6, 6.07) is 4.23. The number of benzene rings is 1. The third kappa shape index (κ3) is 3.13. The van der Waals surface area contributed by atoms with Crippen molar-refractivity contribution in [3.05, 3.63) is 52.4 Å². The van der Waals surface area contributed by atoms with Gasteiger partial charge in [-0.05, 0) is 32.8 Å². The van der Waals surface area contributed by atoms with E-state index in [1.54, 1.807) is 0 Å². The minimum absolute atomic E-state index is 0.461. The maximum Gasteiger partial charge on any atom is 0.138 e. The fraction of sp³-hybridized carbons (Fsp3) is 0.438. The molecule has 0 atom stereocenters. The van der Waals surface area contributed by atoms with Gasteiger partial charge >= 0.3 is 0 Å². The highest BCUT2D eigenvalue weighted by molar-refractivity contribution is 5.22. The number of hydrogen-bond acceptors (Lipinski definition) is 3. The van der Waals surface area contributed by atoms with E-state index in [4.69, 9.17) is 4.52 Å². The molecule has 0 bridgehead atoms. The van der Waals surface area contributed by atoms with Crippen LogP contribution in [0, 0.1) is 25.5 Å². The average Bonchev–Trinajstić information content (AvgIpc) is 3.22. The first-order valence-corrected chi connectivity index (χ1v) is 7.14. The molecular formula is C16H18F2N2O. The summed E-state index contributed by atoms with van der Waals surface area (Å²) in [6.45, 7) is 4.96. The SMILES string of the molecule is Cc1noc(C)c1CN(Cc1ccc(F)cc1F)C1CC1. The van der Waals surface area contributed by atoms with Gasteiger partial charge in [0.1, 0.15) is 17.4 Å². The van der Waals surface area contributed by atoms with E-state index in [2.05, 4.69) is 10.1 Å². The van der Waals surface area contributed by atoms with Crippen LogP contribution in [-0.2, 0) is 13.1 Å².